The summed E-state index contributed by atoms with van der Waals surface area (Å²) in [6, 6.07) is 7.10. The lowest BCUT2D eigenvalue weighted by Crippen LogP contribution is -2.11. The number of amides is 1. The normalized spacial score (nSPS) is 12.6. The molecular weight excluding hydrogens is 290 g/mol. The van der Waals surface area contributed by atoms with Crippen LogP contribution < -0.4 is 14.8 Å². The van der Waals surface area contributed by atoms with Crippen molar-refractivity contribution in [3.05, 3.63) is 42.2 Å². The van der Waals surface area contributed by atoms with Gasteiger partial charge in [0.15, 0.2) is 16.6 Å². The van der Waals surface area contributed by atoms with Crippen LogP contribution in [-0.2, 0) is 0 Å². The molecule has 0 unspecified atom stereocenters. The van der Waals surface area contributed by atoms with Crippen molar-refractivity contribution in [2.45, 2.75) is 0 Å². The van der Waals surface area contributed by atoms with Crippen LogP contribution in [0.4, 0.5) is 5.13 Å². The zero-order valence-corrected chi connectivity index (χ0v) is 11.5. The Balaban J connectivity index is 1.64. The zero-order chi connectivity index (χ0) is 14.2. The van der Waals surface area contributed by atoms with Gasteiger partial charge >= 0.3 is 0 Å². The van der Waals surface area contributed by atoms with Crippen LogP contribution in [0.3, 0.4) is 0 Å². The first-order valence-electron chi connectivity index (χ1n) is 6.21. The molecule has 4 rings (SSSR count). The Morgan fingerprint density at radius 1 is 1.29 bits per heavy atom. The smallest absolute Gasteiger partial charge is 0.259 e. The van der Waals surface area contributed by atoms with Crippen LogP contribution in [-0.4, -0.2) is 22.7 Å². The molecule has 1 aromatic carbocycles. The SMILES string of the molecule is O=C(Nc1nc2cc3c(cc2s1)OCO3)c1cccnc1. The number of anilines is 1. The molecule has 104 valence electrons. The van der Waals surface area contributed by atoms with Crippen molar-refractivity contribution in [2.24, 2.45) is 0 Å². The van der Waals surface area contributed by atoms with Gasteiger partial charge in [-0.2, -0.15) is 0 Å². The second-order valence-corrected chi connectivity index (χ2v) is 5.42. The van der Waals surface area contributed by atoms with Gasteiger partial charge in [0.05, 0.1) is 15.8 Å². The van der Waals surface area contributed by atoms with Crippen LogP contribution in [0.25, 0.3) is 10.2 Å². The first-order valence-corrected chi connectivity index (χ1v) is 7.03. The summed E-state index contributed by atoms with van der Waals surface area (Å²) >= 11 is 1.39. The van der Waals surface area contributed by atoms with Gasteiger partial charge in [0.25, 0.3) is 5.91 Å². The van der Waals surface area contributed by atoms with Gasteiger partial charge in [-0.15, -0.1) is 0 Å². The molecule has 0 saturated carbocycles. The number of aromatic nitrogens is 2. The van der Waals surface area contributed by atoms with E-state index >= 15 is 0 Å². The summed E-state index contributed by atoms with van der Waals surface area (Å²) in [5.74, 6) is 1.15. The fourth-order valence-corrected chi connectivity index (χ4v) is 2.91. The first-order chi connectivity index (χ1) is 10.3. The summed E-state index contributed by atoms with van der Waals surface area (Å²) in [4.78, 5) is 20.4. The molecule has 0 bridgehead atoms. The Hall–Kier alpha value is -2.67. The Bertz CT molecular complexity index is 791. The van der Waals surface area contributed by atoms with E-state index in [-0.39, 0.29) is 12.7 Å². The number of carbonyl (C=O) groups excluding carboxylic acids is 1. The molecule has 3 heterocycles. The Morgan fingerprint density at radius 2 is 2.14 bits per heavy atom. The third-order valence-electron chi connectivity index (χ3n) is 3.03. The number of rotatable bonds is 2. The van der Waals surface area contributed by atoms with Crippen LogP contribution in [0.2, 0.25) is 0 Å². The third-order valence-corrected chi connectivity index (χ3v) is 3.96. The summed E-state index contributed by atoms with van der Waals surface area (Å²) in [5.41, 5.74) is 1.26. The maximum absolute atomic E-state index is 12.1. The van der Waals surface area contributed by atoms with Crippen LogP contribution in [0.1, 0.15) is 10.4 Å². The molecule has 1 aliphatic heterocycles. The number of hydrogen-bond acceptors (Lipinski definition) is 6. The highest BCUT2D eigenvalue weighted by Crippen LogP contribution is 2.38. The number of pyridine rings is 1. The fourth-order valence-electron chi connectivity index (χ4n) is 2.04. The quantitative estimate of drug-likeness (QED) is 0.787. The van der Waals surface area contributed by atoms with Gasteiger partial charge in [0.1, 0.15) is 0 Å². The molecular formula is C14H9N3O3S. The number of nitrogens with zero attached hydrogens (tertiary/aromatic N) is 2. The van der Waals surface area contributed by atoms with E-state index in [0.717, 1.165) is 10.2 Å². The molecule has 0 saturated heterocycles. The number of ether oxygens (including phenoxy) is 2. The lowest BCUT2D eigenvalue weighted by Gasteiger charge is -1.99. The number of carbonyl (C=O) groups is 1. The molecule has 0 spiro atoms. The van der Waals surface area contributed by atoms with Crippen LogP contribution >= 0.6 is 11.3 Å². The first kappa shape index (κ1) is 12.1. The molecule has 1 amide bonds. The van der Waals surface area contributed by atoms with Crippen molar-refractivity contribution >= 4 is 32.6 Å². The summed E-state index contributed by atoms with van der Waals surface area (Å²) in [6.07, 6.45) is 3.13. The average molecular weight is 299 g/mol. The Morgan fingerprint density at radius 3 is 2.95 bits per heavy atom. The monoisotopic (exact) mass is 299 g/mol. The topological polar surface area (TPSA) is 73.3 Å². The number of benzene rings is 1. The average Bonchev–Trinajstić information content (AvgIpc) is 3.10. The van der Waals surface area contributed by atoms with E-state index in [1.807, 2.05) is 12.1 Å². The summed E-state index contributed by atoms with van der Waals surface area (Å²) in [6.45, 7) is 0.233. The van der Waals surface area contributed by atoms with E-state index in [2.05, 4.69) is 15.3 Å². The highest BCUT2D eigenvalue weighted by atomic mass is 32.1. The highest BCUT2D eigenvalue weighted by Gasteiger charge is 2.17. The van der Waals surface area contributed by atoms with E-state index < -0.39 is 0 Å². The molecule has 3 aromatic rings. The van der Waals surface area contributed by atoms with E-state index in [1.54, 1.807) is 18.3 Å². The number of nitrogens with one attached hydrogen (secondary N) is 1. The van der Waals surface area contributed by atoms with E-state index in [4.69, 9.17) is 9.47 Å². The van der Waals surface area contributed by atoms with Gasteiger partial charge in [-0.05, 0) is 12.1 Å². The minimum atomic E-state index is -0.234. The van der Waals surface area contributed by atoms with Gasteiger partial charge in [0.2, 0.25) is 6.79 Å². The van der Waals surface area contributed by atoms with E-state index in [0.29, 0.717) is 22.2 Å². The molecule has 21 heavy (non-hydrogen) atoms. The predicted octanol–water partition coefficient (Wildman–Crippen LogP) is 2.67. The minimum absolute atomic E-state index is 0.233. The number of fused-ring (bicyclic) bond motifs is 2. The minimum Gasteiger partial charge on any atom is -0.454 e. The van der Waals surface area contributed by atoms with Crippen LogP contribution in [0, 0.1) is 0 Å². The molecule has 0 fully saturated rings. The van der Waals surface area contributed by atoms with Gasteiger partial charge in [-0.25, -0.2) is 4.98 Å². The lowest BCUT2D eigenvalue weighted by atomic mass is 10.3. The number of thiazole rings is 1. The molecule has 7 heteroatoms. The Labute approximate surface area is 123 Å². The van der Waals surface area contributed by atoms with Crippen molar-refractivity contribution in [3.63, 3.8) is 0 Å². The van der Waals surface area contributed by atoms with Crippen LogP contribution in [0.15, 0.2) is 36.7 Å². The second kappa shape index (κ2) is 4.71. The van der Waals surface area contributed by atoms with Gasteiger partial charge in [-0.3, -0.25) is 15.1 Å². The largest absolute Gasteiger partial charge is 0.454 e. The second-order valence-electron chi connectivity index (χ2n) is 4.39. The predicted molar refractivity (Wildman–Crippen MR) is 77.9 cm³/mol. The van der Waals surface area contributed by atoms with Gasteiger partial charge in [-0.1, -0.05) is 11.3 Å². The van der Waals surface area contributed by atoms with E-state index in [9.17, 15) is 4.79 Å². The summed E-state index contributed by atoms with van der Waals surface area (Å²) in [7, 11) is 0. The third kappa shape index (κ3) is 2.17. The van der Waals surface area contributed by atoms with Crippen molar-refractivity contribution in [1.29, 1.82) is 0 Å². The van der Waals surface area contributed by atoms with Crippen molar-refractivity contribution in [2.75, 3.05) is 12.1 Å². The fraction of sp³-hybridized carbons (Fsp3) is 0.0714. The number of hydrogen-bond donors (Lipinski definition) is 1. The molecule has 1 aliphatic rings. The molecule has 1 N–H and O–H groups in total. The molecule has 0 atom stereocenters. The molecule has 6 nitrogen and oxygen atoms in total. The van der Waals surface area contributed by atoms with Gasteiger partial charge in [0, 0.05) is 24.5 Å². The molecule has 2 aromatic heterocycles. The zero-order valence-electron chi connectivity index (χ0n) is 10.7. The maximum atomic E-state index is 12.1. The molecule has 0 aliphatic carbocycles. The summed E-state index contributed by atoms with van der Waals surface area (Å²) in [5, 5.41) is 3.30. The standard InChI is InChI=1S/C14H9N3O3S/c18-13(8-2-1-3-15-6-8)17-14-16-9-4-10-11(20-7-19-10)5-12(9)21-14/h1-6H,7H2,(H,16,17,18). The van der Waals surface area contributed by atoms with Crippen LogP contribution in [0.5, 0.6) is 11.5 Å². The van der Waals surface area contributed by atoms with E-state index in [1.165, 1.54) is 17.5 Å². The summed E-state index contributed by atoms with van der Waals surface area (Å²) < 4.78 is 11.6. The van der Waals surface area contributed by atoms with Crippen molar-refractivity contribution in [3.8, 4) is 11.5 Å². The Kier molecular flexibility index (Phi) is 2.71. The van der Waals surface area contributed by atoms with Gasteiger partial charge < -0.3 is 9.47 Å². The molecule has 0 radical (unpaired) electrons. The lowest BCUT2D eigenvalue weighted by molar-refractivity contribution is 0.102. The van der Waals surface area contributed by atoms with Crippen molar-refractivity contribution in [1.82, 2.24) is 9.97 Å². The highest BCUT2D eigenvalue weighted by molar-refractivity contribution is 7.22. The maximum Gasteiger partial charge on any atom is 0.259 e. The van der Waals surface area contributed by atoms with Crippen molar-refractivity contribution < 1.29 is 14.3 Å².